The number of carbonyl (C=O) groups excluding carboxylic acids is 1. The number of anilines is 1. The summed E-state index contributed by atoms with van der Waals surface area (Å²) in [4.78, 5) is 19.8. The van der Waals surface area contributed by atoms with E-state index in [0.29, 0.717) is 17.5 Å². The maximum atomic E-state index is 11.9. The smallest absolute Gasteiger partial charge is 0.263 e. The summed E-state index contributed by atoms with van der Waals surface area (Å²) in [5.41, 5.74) is 0.816. The minimum absolute atomic E-state index is 0.0681. The zero-order valence-electron chi connectivity index (χ0n) is 11.5. The van der Waals surface area contributed by atoms with Crippen LogP contribution in [0.3, 0.4) is 0 Å². The van der Waals surface area contributed by atoms with Gasteiger partial charge in [0.05, 0.1) is 0 Å². The van der Waals surface area contributed by atoms with Gasteiger partial charge in [-0.2, -0.15) is 5.26 Å². The maximum Gasteiger partial charge on any atom is 0.263 e. The summed E-state index contributed by atoms with van der Waals surface area (Å²) in [6, 6.07) is 10.6. The first-order valence-electron chi connectivity index (χ1n) is 6.35. The molecule has 1 amide bonds. The molecule has 2 aromatic rings. The van der Waals surface area contributed by atoms with Crippen molar-refractivity contribution in [2.24, 2.45) is 0 Å². The SMILES string of the molecule is N#C/C(=C/Nc1ncccn1)C(=O)NCc1ccc(Cl)cc1. The van der Waals surface area contributed by atoms with Crippen molar-refractivity contribution in [2.75, 3.05) is 5.32 Å². The predicted molar refractivity (Wildman–Crippen MR) is 82.6 cm³/mol. The number of benzene rings is 1. The Morgan fingerprint density at radius 3 is 2.59 bits per heavy atom. The number of hydrogen-bond donors (Lipinski definition) is 2. The summed E-state index contributed by atoms with van der Waals surface area (Å²) in [6.07, 6.45) is 4.37. The molecule has 0 saturated heterocycles. The summed E-state index contributed by atoms with van der Waals surface area (Å²) in [5, 5.41) is 15.0. The highest BCUT2D eigenvalue weighted by atomic mass is 35.5. The lowest BCUT2D eigenvalue weighted by Crippen LogP contribution is -2.24. The van der Waals surface area contributed by atoms with Crippen LogP contribution in [0.25, 0.3) is 0 Å². The molecule has 2 rings (SSSR count). The molecule has 0 spiro atoms. The van der Waals surface area contributed by atoms with E-state index in [1.165, 1.54) is 6.20 Å². The largest absolute Gasteiger partial charge is 0.347 e. The van der Waals surface area contributed by atoms with Gasteiger partial charge in [-0.05, 0) is 23.8 Å². The Labute approximate surface area is 132 Å². The fourth-order valence-electron chi connectivity index (χ4n) is 1.54. The van der Waals surface area contributed by atoms with Crippen molar-refractivity contribution in [1.29, 1.82) is 5.26 Å². The van der Waals surface area contributed by atoms with E-state index in [9.17, 15) is 4.79 Å². The summed E-state index contributed by atoms with van der Waals surface area (Å²) < 4.78 is 0. The van der Waals surface area contributed by atoms with E-state index in [1.54, 1.807) is 42.7 Å². The molecule has 6 nitrogen and oxygen atoms in total. The van der Waals surface area contributed by atoms with Crippen molar-refractivity contribution in [3.63, 3.8) is 0 Å². The molecule has 1 aromatic heterocycles. The van der Waals surface area contributed by atoms with Crippen LogP contribution in [0.5, 0.6) is 0 Å². The van der Waals surface area contributed by atoms with E-state index in [4.69, 9.17) is 16.9 Å². The van der Waals surface area contributed by atoms with Crippen LogP contribution in [0, 0.1) is 11.3 Å². The molecule has 0 aliphatic carbocycles. The molecule has 0 radical (unpaired) electrons. The fraction of sp³-hybridized carbons (Fsp3) is 0.0667. The molecule has 1 heterocycles. The van der Waals surface area contributed by atoms with Gasteiger partial charge in [0.15, 0.2) is 0 Å². The van der Waals surface area contributed by atoms with Crippen molar-refractivity contribution in [2.45, 2.75) is 6.54 Å². The highest BCUT2D eigenvalue weighted by Crippen LogP contribution is 2.09. The first-order chi connectivity index (χ1) is 10.7. The van der Waals surface area contributed by atoms with Crippen molar-refractivity contribution < 1.29 is 4.79 Å². The average molecular weight is 314 g/mol. The molecule has 2 N–H and O–H groups in total. The number of amides is 1. The molecule has 0 fully saturated rings. The molecule has 7 heteroatoms. The molecular weight excluding hydrogens is 302 g/mol. The second-order valence-electron chi connectivity index (χ2n) is 4.20. The number of nitrogens with one attached hydrogen (secondary N) is 2. The van der Waals surface area contributed by atoms with Gasteiger partial charge in [-0.1, -0.05) is 23.7 Å². The van der Waals surface area contributed by atoms with Crippen LogP contribution in [0.1, 0.15) is 5.56 Å². The van der Waals surface area contributed by atoms with Crippen molar-refractivity contribution >= 4 is 23.5 Å². The highest BCUT2D eigenvalue weighted by molar-refractivity contribution is 6.30. The average Bonchev–Trinajstić information content (AvgIpc) is 2.56. The van der Waals surface area contributed by atoms with E-state index >= 15 is 0 Å². The minimum atomic E-state index is -0.485. The third-order valence-electron chi connectivity index (χ3n) is 2.64. The highest BCUT2D eigenvalue weighted by Gasteiger charge is 2.08. The van der Waals surface area contributed by atoms with Crippen LogP contribution < -0.4 is 10.6 Å². The first kappa shape index (κ1) is 15.5. The number of aromatic nitrogens is 2. The van der Waals surface area contributed by atoms with Gasteiger partial charge in [-0.25, -0.2) is 9.97 Å². The van der Waals surface area contributed by atoms with Gasteiger partial charge < -0.3 is 10.6 Å². The Kier molecular flexibility index (Phi) is 5.46. The Balaban J connectivity index is 1.94. The standard InChI is InChI=1S/C15H12ClN5O/c16-13-4-2-11(3-5-13)9-20-14(22)12(8-17)10-21-15-18-6-1-7-19-15/h1-7,10H,9H2,(H,20,22)(H,18,19,21)/b12-10-. The second kappa shape index (κ2) is 7.76. The van der Waals surface area contributed by atoms with Gasteiger partial charge in [-0.15, -0.1) is 0 Å². The van der Waals surface area contributed by atoms with Gasteiger partial charge in [0.25, 0.3) is 5.91 Å². The number of carbonyl (C=O) groups is 1. The third-order valence-corrected chi connectivity index (χ3v) is 2.89. The summed E-state index contributed by atoms with van der Waals surface area (Å²) in [5.74, 6) is -0.179. The molecule has 0 unspecified atom stereocenters. The number of nitrogens with zero attached hydrogens (tertiary/aromatic N) is 3. The lowest BCUT2D eigenvalue weighted by Gasteiger charge is -2.05. The monoisotopic (exact) mass is 313 g/mol. The minimum Gasteiger partial charge on any atom is -0.347 e. The quantitative estimate of drug-likeness (QED) is 0.652. The lowest BCUT2D eigenvalue weighted by atomic mass is 10.2. The zero-order valence-corrected chi connectivity index (χ0v) is 12.2. The van der Waals surface area contributed by atoms with Gasteiger partial charge in [-0.3, -0.25) is 4.79 Å². The molecule has 110 valence electrons. The maximum absolute atomic E-state index is 11.9. The lowest BCUT2D eigenvalue weighted by molar-refractivity contribution is -0.117. The number of halogens is 1. The summed E-state index contributed by atoms with van der Waals surface area (Å²) in [6.45, 7) is 0.302. The van der Waals surface area contributed by atoms with Gasteiger partial charge in [0.1, 0.15) is 11.6 Å². The van der Waals surface area contributed by atoms with Crippen LogP contribution in [0.4, 0.5) is 5.95 Å². The Bertz CT molecular complexity index is 707. The molecule has 0 bridgehead atoms. The molecular formula is C15H12ClN5O. The number of rotatable bonds is 5. The zero-order chi connectivity index (χ0) is 15.8. The molecule has 1 aromatic carbocycles. The molecule has 0 aliphatic heterocycles. The van der Waals surface area contributed by atoms with E-state index in [-0.39, 0.29) is 5.57 Å². The van der Waals surface area contributed by atoms with E-state index in [1.807, 2.05) is 6.07 Å². The number of nitriles is 1. The van der Waals surface area contributed by atoms with Crippen LogP contribution in [-0.4, -0.2) is 15.9 Å². The van der Waals surface area contributed by atoms with Crippen molar-refractivity contribution in [1.82, 2.24) is 15.3 Å². The van der Waals surface area contributed by atoms with E-state index in [2.05, 4.69) is 20.6 Å². The normalized spacial score (nSPS) is 10.6. The molecule has 0 saturated carbocycles. The topological polar surface area (TPSA) is 90.7 Å². The van der Waals surface area contributed by atoms with Crippen molar-refractivity contribution in [3.8, 4) is 6.07 Å². The van der Waals surface area contributed by atoms with Crippen molar-refractivity contribution in [3.05, 3.63) is 65.1 Å². The predicted octanol–water partition coefficient (Wildman–Crippen LogP) is 2.27. The molecule has 22 heavy (non-hydrogen) atoms. The summed E-state index contributed by atoms with van der Waals surface area (Å²) in [7, 11) is 0. The van der Waals surface area contributed by atoms with Gasteiger partial charge in [0.2, 0.25) is 5.95 Å². The van der Waals surface area contributed by atoms with Gasteiger partial charge >= 0.3 is 0 Å². The number of hydrogen-bond acceptors (Lipinski definition) is 5. The molecule has 0 atom stereocenters. The second-order valence-corrected chi connectivity index (χ2v) is 4.63. The Morgan fingerprint density at radius 2 is 1.95 bits per heavy atom. The van der Waals surface area contributed by atoms with Gasteiger partial charge in [0, 0.05) is 30.2 Å². The fourth-order valence-corrected chi connectivity index (χ4v) is 1.66. The first-order valence-corrected chi connectivity index (χ1v) is 6.73. The van der Waals surface area contributed by atoms with E-state index in [0.717, 1.165) is 5.56 Å². The van der Waals surface area contributed by atoms with E-state index < -0.39 is 5.91 Å². The Morgan fingerprint density at radius 1 is 1.27 bits per heavy atom. The van der Waals surface area contributed by atoms with Crippen LogP contribution in [0.15, 0.2) is 54.5 Å². The van der Waals surface area contributed by atoms with Crippen LogP contribution >= 0.6 is 11.6 Å². The summed E-state index contributed by atoms with van der Waals surface area (Å²) >= 11 is 5.79. The Hall–Kier alpha value is -2.91. The third kappa shape index (κ3) is 4.58. The molecule has 0 aliphatic rings. The van der Waals surface area contributed by atoms with Crippen LogP contribution in [-0.2, 0) is 11.3 Å². The van der Waals surface area contributed by atoms with Crippen LogP contribution in [0.2, 0.25) is 5.02 Å².